The second-order valence-corrected chi connectivity index (χ2v) is 6.30. The third kappa shape index (κ3) is 2.09. The molecule has 0 saturated heterocycles. The first-order valence-electron chi connectivity index (χ1n) is 8.38. The summed E-state index contributed by atoms with van der Waals surface area (Å²) in [4.78, 5) is 13.3. The summed E-state index contributed by atoms with van der Waals surface area (Å²) in [6.45, 7) is 0. The number of nitrogens with one attached hydrogen (secondary N) is 1. The van der Waals surface area contributed by atoms with E-state index in [4.69, 9.17) is 0 Å². The highest BCUT2D eigenvalue weighted by atomic mass is 16.2. The molecule has 25 heavy (non-hydrogen) atoms. The quantitative estimate of drug-likeness (QED) is 0.543. The van der Waals surface area contributed by atoms with Crippen molar-refractivity contribution in [2.75, 3.05) is 5.32 Å². The molecule has 0 radical (unpaired) electrons. The van der Waals surface area contributed by atoms with Gasteiger partial charge in [0.25, 0.3) is 5.91 Å². The number of hydrogen-bond donors (Lipinski definition) is 1. The lowest BCUT2D eigenvalue weighted by Crippen LogP contribution is -2.16. The Labute approximate surface area is 145 Å². The molecule has 0 bridgehead atoms. The Morgan fingerprint density at radius 2 is 1.52 bits per heavy atom. The molecule has 0 aliphatic carbocycles. The fourth-order valence-electron chi connectivity index (χ4n) is 3.66. The molecular weight excluding hydrogens is 308 g/mol. The lowest BCUT2D eigenvalue weighted by atomic mass is 10.0. The van der Waals surface area contributed by atoms with Crippen LogP contribution in [0.4, 0.5) is 5.69 Å². The Balaban J connectivity index is 1.85. The first kappa shape index (κ1) is 14.1. The summed E-state index contributed by atoms with van der Waals surface area (Å²) in [7, 11) is 0. The molecule has 0 fully saturated rings. The van der Waals surface area contributed by atoms with Crippen LogP contribution in [0.25, 0.3) is 10.9 Å². The topological polar surface area (TPSA) is 34.0 Å². The van der Waals surface area contributed by atoms with Crippen molar-refractivity contribution >= 4 is 22.5 Å². The standard InChI is InChI=1S/C22H16N2O/c25-22-17-11-5-6-12-18(17)23-21(15-8-2-1-3-9-15)20-14-16-10-4-7-13-19(16)24(20)22/h1-14,21,23H. The van der Waals surface area contributed by atoms with Gasteiger partial charge in [0.15, 0.2) is 0 Å². The molecule has 1 N–H and O–H groups in total. The second-order valence-electron chi connectivity index (χ2n) is 6.30. The van der Waals surface area contributed by atoms with Gasteiger partial charge in [-0.05, 0) is 29.8 Å². The highest BCUT2D eigenvalue weighted by molar-refractivity contribution is 6.07. The third-order valence-corrected chi connectivity index (χ3v) is 4.83. The first-order valence-corrected chi connectivity index (χ1v) is 8.38. The Hall–Kier alpha value is -3.33. The smallest absolute Gasteiger partial charge is 0.264 e. The number of para-hydroxylation sites is 2. The van der Waals surface area contributed by atoms with E-state index in [1.54, 1.807) is 0 Å². The summed E-state index contributed by atoms with van der Waals surface area (Å²) in [5.41, 5.74) is 4.62. The fraction of sp³-hybridized carbons (Fsp3) is 0.0455. The Morgan fingerprint density at radius 3 is 2.40 bits per heavy atom. The van der Waals surface area contributed by atoms with Crippen molar-refractivity contribution in [2.24, 2.45) is 0 Å². The van der Waals surface area contributed by atoms with Gasteiger partial charge in [0.2, 0.25) is 0 Å². The average Bonchev–Trinajstić information content (AvgIpc) is 3.00. The van der Waals surface area contributed by atoms with Crippen LogP contribution < -0.4 is 5.32 Å². The summed E-state index contributed by atoms with van der Waals surface area (Å²) in [6, 6.07) is 28.1. The lowest BCUT2D eigenvalue weighted by Gasteiger charge is -2.19. The normalized spacial score (nSPS) is 16.0. The van der Waals surface area contributed by atoms with E-state index in [0.717, 1.165) is 27.8 Å². The zero-order valence-corrected chi connectivity index (χ0v) is 13.5. The van der Waals surface area contributed by atoms with Crippen molar-refractivity contribution in [3.63, 3.8) is 0 Å². The number of hydrogen-bond acceptors (Lipinski definition) is 2. The molecule has 3 heteroatoms. The Kier molecular flexibility index (Phi) is 3.01. The largest absolute Gasteiger partial charge is 0.372 e. The van der Waals surface area contributed by atoms with Crippen LogP contribution in [0.5, 0.6) is 0 Å². The van der Waals surface area contributed by atoms with Crippen molar-refractivity contribution in [3.05, 3.63) is 102 Å². The van der Waals surface area contributed by atoms with Crippen LogP contribution in [0.15, 0.2) is 84.9 Å². The number of carbonyl (C=O) groups is 1. The second kappa shape index (κ2) is 5.35. The molecule has 2 heterocycles. The predicted octanol–water partition coefficient (Wildman–Crippen LogP) is 4.84. The minimum Gasteiger partial charge on any atom is -0.372 e. The van der Waals surface area contributed by atoms with Crippen LogP contribution in [0.2, 0.25) is 0 Å². The molecule has 3 aromatic carbocycles. The number of aromatic nitrogens is 1. The molecule has 120 valence electrons. The third-order valence-electron chi connectivity index (χ3n) is 4.83. The Morgan fingerprint density at radius 1 is 0.800 bits per heavy atom. The highest BCUT2D eigenvalue weighted by Gasteiger charge is 2.29. The van der Waals surface area contributed by atoms with Gasteiger partial charge in [-0.2, -0.15) is 0 Å². The van der Waals surface area contributed by atoms with Gasteiger partial charge in [-0.1, -0.05) is 60.7 Å². The van der Waals surface area contributed by atoms with Crippen molar-refractivity contribution in [3.8, 4) is 0 Å². The monoisotopic (exact) mass is 324 g/mol. The summed E-state index contributed by atoms with van der Waals surface area (Å²) in [5, 5.41) is 4.66. The maximum absolute atomic E-state index is 13.3. The van der Waals surface area contributed by atoms with Gasteiger partial charge < -0.3 is 5.32 Å². The number of anilines is 1. The summed E-state index contributed by atoms with van der Waals surface area (Å²) >= 11 is 0. The van der Waals surface area contributed by atoms with Crippen LogP contribution in [0, 0.1) is 0 Å². The molecule has 0 amide bonds. The fourth-order valence-corrected chi connectivity index (χ4v) is 3.66. The van der Waals surface area contributed by atoms with Gasteiger partial charge >= 0.3 is 0 Å². The zero-order chi connectivity index (χ0) is 16.8. The maximum atomic E-state index is 13.3. The van der Waals surface area contributed by atoms with Gasteiger partial charge in [0.1, 0.15) is 0 Å². The maximum Gasteiger partial charge on any atom is 0.264 e. The van der Waals surface area contributed by atoms with Gasteiger partial charge in [0.05, 0.1) is 22.8 Å². The van der Waals surface area contributed by atoms with E-state index in [1.165, 1.54) is 0 Å². The molecule has 1 aromatic heterocycles. The first-order chi connectivity index (χ1) is 12.3. The van der Waals surface area contributed by atoms with Crippen LogP contribution >= 0.6 is 0 Å². The number of rotatable bonds is 1. The molecule has 1 atom stereocenters. The predicted molar refractivity (Wildman–Crippen MR) is 100 cm³/mol. The molecule has 0 spiro atoms. The van der Waals surface area contributed by atoms with E-state index < -0.39 is 0 Å². The van der Waals surface area contributed by atoms with Crippen molar-refractivity contribution in [1.82, 2.24) is 4.57 Å². The average molecular weight is 324 g/mol. The highest BCUT2D eigenvalue weighted by Crippen LogP contribution is 2.36. The molecule has 1 aliphatic rings. The van der Waals surface area contributed by atoms with Crippen LogP contribution in [0.1, 0.15) is 27.7 Å². The molecule has 0 saturated carbocycles. The van der Waals surface area contributed by atoms with Gasteiger partial charge in [-0.15, -0.1) is 0 Å². The Bertz CT molecular complexity index is 1100. The summed E-state index contributed by atoms with van der Waals surface area (Å²) in [5.74, 6) is 0.0118. The van der Waals surface area contributed by atoms with Crippen LogP contribution in [0.3, 0.4) is 0 Å². The van der Waals surface area contributed by atoms with E-state index >= 15 is 0 Å². The van der Waals surface area contributed by atoms with Gasteiger partial charge in [-0.3, -0.25) is 9.36 Å². The molecular formula is C22H16N2O. The minimum atomic E-state index is -0.0822. The SMILES string of the molecule is O=C1c2ccccc2NC(c2ccccc2)c2cc3ccccc3n21. The van der Waals surface area contributed by atoms with E-state index in [-0.39, 0.29) is 11.9 Å². The summed E-state index contributed by atoms with van der Waals surface area (Å²) < 4.78 is 1.85. The molecule has 4 aromatic rings. The van der Waals surface area contributed by atoms with Crippen LogP contribution in [-0.2, 0) is 0 Å². The zero-order valence-electron chi connectivity index (χ0n) is 13.5. The number of nitrogens with zero attached hydrogens (tertiary/aromatic N) is 1. The van der Waals surface area contributed by atoms with E-state index in [2.05, 4.69) is 29.6 Å². The minimum absolute atomic E-state index is 0.0118. The van der Waals surface area contributed by atoms with Crippen molar-refractivity contribution < 1.29 is 4.79 Å². The van der Waals surface area contributed by atoms with Gasteiger partial charge in [0, 0.05) is 11.1 Å². The van der Waals surface area contributed by atoms with E-state index in [0.29, 0.717) is 5.56 Å². The van der Waals surface area contributed by atoms with Gasteiger partial charge in [-0.25, -0.2) is 0 Å². The molecule has 1 aliphatic heterocycles. The van der Waals surface area contributed by atoms with Crippen molar-refractivity contribution in [2.45, 2.75) is 6.04 Å². The van der Waals surface area contributed by atoms with E-state index in [1.807, 2.05) is 65.2 Å². The molecule has 5 rings (SSSR count). The number of fused-ring (bicyclic) bond motifs is 4. The molecule has 3 nitrogen and oxygen atoms in total. The number of benzene rings is 3. The van der Waals surface area contributed by atoms with Crippen molar-refractivity contribution in [1.29, 1.82) is 0 Å². The molecule has 1 unspecified atom stereocenters. The summed E-state index contributed by atoms with van der Waals surface area (Å²) in [6.07, 6.45) is 0. The van der Waals surface area contributed by atoms with Crippen LogP contribution in [-0.4, -0.2) is 10.5 Å². The lowest BCUT2D eigenvalue weighted by molar-refractivity contribution is 0.0964. The van der Waals surface area contributed by atoms with E-state index in [9.17, 15) is 4.79 Å². The number of carbonyl (C=O) groups excluding carboxylic acids is 1.